The third kappa shape index (κ3) is 1.28. The van der Waals surface area contributed by atoms with Crippen molar-refractivity contribution in [1.82, 2.24) is 0 Å². The predicted molar refractivity (Wildman–Crippen MR) is 40.8 cm³/mol. The molecule has 1 heterocycles. The maximum atomic E-state index is 12.8. The lowest BCUT2D eigenvalue weighted by Crippen LogP contribution is -2.39. The molecule has 0 N–H and O–H groups in total. The summed E-state index contributed by atoms with van der Waals surface area (Å²) in [7, 11) is 0. The van der Waals surface area contributed by atoms with Crippen LogP contribution in [-0.4, -0.2) is 16.8 Å². The molecule has 0 aromatic heterocycles. The average molecular weight is 180 g/mol. The molecule has 0 saturated carbocycles. The van der Waals surface area contributed by atoms with E-state index < -0.39 is 11.3 Å². The third-order valence-corrected chi connectivity index (χ3v) is 3.38. The number of hydrogen-bond donors (Lipinski definition) is 0. The van der Waals surface area contributed by atoms with E-state index in [1.807, 2.05) is 0 Å². The van der Waals surface area contributed by atoms with Crippen LogP contribution in [0.3, 0.4) is 0 Å². The number of rotatable bonds is 1. The molecule has 1 saturated heterocycles. The smallest absolute Gasteiger partial charge is 0.258 e. The summed E-state index contributed by atoms with van der Waals surface area (Å²) in [6, 6.07) is 0. The van der Waals surface area contributed by atoms with Gasteiger partial charge in [-0.25, -0.2) is 8.78 Å². The van der Waals surface area contributed by atoms with E-state index in [-0.39, 0.29) is 5.12 Å². The fourth-order valence-electron chi connectivity index (χ4n) is 1.01. The second-order valence-corrected chi connectivity index (χ2v) is 4.17. The molecule has 1 nitrogen and oxygen atoms in total. The summed E-state index contributed by atoms with van der Waals surface area (Å²) in [5.74, 6) is -2.35. The number of alkyl halides is 2. The Labute approximate surface area is 68.5 Å². The van der Waals surface area contributed by atoms with Crippen molar-refractivity contribution >= 4 is 16.9 Å². The van der Waals surface area contributed by atoms with E-state index in [0.717, 1.165) is 18.7 Å². The minimum absolute atomic E-state index is 0.292. The average Bonchev–Trinajstić information content (AvgIpc) is 2.12. The van der Waals surface area contributed by atoms with Crippen molar-refractivity contribution in [3.63, 3.8) is 0 Å². The quantitative estimate of drug-likeness (QED) is 0.616. The summed E-state index contributed by atoms with van der Waals surface area (Å²) in [6.07, 6.45) is 0.292. The first-order chi connectivity index (χ1) is 4.88. The zero-order chi connectivity index (χ0) is 8.70. The van der Waals surface area contributed by atoms with Crippen molar-refractivity contribution in [1.29, 1.82) is 0 Å². The molecule has 1 aliphatic heterocycles. The van der Waals surface area contributed by atoms with Gasteiger partial charge in [-0.2, -0.15) is 0 Å². The van der Waals surface area contributed by atoms with Gasteiger partial charge in [-0.1, -0.05) is 11.8 Å². The topological polar surface area (TPSA) is 17.1 Å². The van der Waals surface area contributed by atoms with Crippen molar-refractivity contribution in [3.8, 4) is 0 Å². The van der Waals surface area contributed by atoms with Crippen LogP contribution in [0.15, 0.2) is 0 Å². The van der Waals surface area contributed by atoms with E-state index in [1.54, 1.807) is 0 Å². The van der Waals surface area contributed by atoms with E-state index in [0.29, 0.717) is 12.2 Å². The molecule has 1 aliphatic rings. The fourth-order valence-corrected chi connectivity index (χ4v) is 2.30. The molecule has 4 heteroatoms. The van der Waals surface area contributed by atoms with E-state index >= 15 is 0 Å². The molecule has 0 spiro atoms. The number of halogens is 2. The van der Waals surface area contributed by atoms with Crippen LogP contribution in [0.25, 0.3) is 0 Å². The minimum Gasteiger partial charge on any atom is -0.286 e. The Morgan fingerprint density at radius 1 is 1.64 bits per heavy atom. The van der Waals surface area contributed by atoms with E-state index in [4.69, 9.17) is 0 Å². The first-order valence-electron chi connectivity index (χ1n) is 3.43. The van der Waals surface area contributed by atoms with E-state index in [2.05, 4.69) is 0 Å². The molecule has 0 aliphatic carbocycles. The molecular weight excluding hydrogens is 170 g/mol. The van der Waals surface area contributed by atoms with Gasteiger partial charge in [0.05, 0.1) is 0 Å². The molecule has 1 fully saturated rings. The van der Waals surface area contributed by atoms with Gasteiger partial charge in [-0.15, -0.1) is 0 Å². The van der Waals surface area contributed by atoms with Gasteiger partial charge in [0.15, 0.2) is 0 Å². The maximum absolute atomic E-state index is 12.8. The van der Waals surface area contributed by atoms with Crippen molar-refractivity contribution in [2.45, 2.75) is 26.2 Å². The Morgan fingerprint density at radius 2 is 2.18 bits per heavy atom. The predicted octanol–water partition coefficient (Wildman–Crippen LogP) is 2.31. The van der Waals surface area contributed by atoms with Crippen LogP contribution in [0.2, 0.25) is 0 Å². The Balaban J connectivity index is 2.90. The lowest BCUT2D eigenvalue weighted by Gasteiger charge is -2.27. The molecule has 0 radical (unpaired) electrons. The van der Waals surface area contributed by atoms with Gasteiger partial charge in [0.1, 0.15) is 5.41 Å². The lowest BCUT2D eigenvalue weighted by atomic mass is 9.83. The largest absolute Gasteiger partial charge is 0.286 e. The van der Waals surface area contributed by atoms with Crippen LogP contribution in [0.1, 0.15) is 20.3 Å². The van der Waals surface area contributed by atoms with Gasteiger partial charge < -0.3 is 0 Å². The van der Waals surface area contributed by atoms with Crippen LogP contribution < -0.4 is 0 Å². The molecule has 0 bridgehead atoms. The molecule has 0 aromatic rings. The first-order valence-corrected chi connectivity index (χ1v) is 4.41. The summed E-state index contributed by atoms with van der Waals surface area (Å²) in [4.78, 5) is 11.0. The van der Waals surface area contributed by atoms with Gasteiger partial charge in [-0.05, 0) is 13.3 Å². The van der Waals surface area contributed by atoms with E-state index in [9.17, 15) is 13.6 Å². The highest BCUT2D eigenvalue weighted by atomic mass is 32.2. The lowest BCUT2D eigenvalue weighted by molar-refractivity contribution is -0.141. The van der Waals surface area contributed by atoms with Crippen LogP contribution in [0.4, 0.5) is 8.78 Å². The van der Waals surface area contributed by atoms with Gasteiger partial charge >= 0.3 is 0 Å². The molecule has 0 aromatic carbocycles. The Morgan fingerprint density at radius 3 is 2.36 bits per heavy atom. The number of hydrogen-bond acceptors (Lipinski definition) is 2. The van der Waals surface area contributed by atoms with Crippen molar-refractivity contribution in [2.24, 2.45) is 5.41 Å². The summed E-state index contributed by atoms with van der Waals surface area (Å²) in [5, 5.41) is -0.370. The highest BCUT2D eigenvalue weighted by molar-refractivity contribution is 8.14. The molecule has 0 amide bonds. The van der Waals surface area contributed by atoms with Crippen LogP contribution in [-0.2, 0) is 4.79 Å². The normalized spacial score (nSPS) is 32.9. The summed E-state index contributed by atoms with van der Waals surface area (Å²) >= 11 is 1.01. The second kappa shape index (κ2) is 2.44. The van der Waals surface area contributed by atoms with Crippen molar-refractivity contribution in [3.05, 3.63) is 0 Å². The van der Waals surface area contributed by atoms with Gasteiger partial charge in [0.2, 0.25) is 5.12 Å². The van der Waals surface area contributed by atoms with Crippen molar-refractivity contribution in [2.75, 3.05) is 5.75 Å². The highest BCUT2D eigenvalue weighted by Gasteiger charge is 2.54. The second-order valence-electron chi connectivity index (χ2n) is 3.11. The third-order valence-electron chi connectivity index (χ3n) is 2.25. The standard InChI is InChI=1S/C7H10F2OS/c1-6(7(2,8)9)3-4-11-5(6)10/h3-4H2,1-2H3. The fraction of sp³-hybridized carbons (Fsp3) is 0.857. The minimum atomic E-state index is -2.88. The molecule has 1 rings (SSSR count). The maximum Gasteiger partial charge on any atom is 0.258 e. The molecule has 1 unspecified atom stereocenters. The van der Waals surface area contributed by atoms with Gasteiger partial charge in [0.25, 0.3) is 5.92 Å². The molecular formula is C7H10F2OS. The Bertz CT molecular complexity index is 187. The zero-order valence-electron chi connectivity index (χ0n) is 6.49. The number of carbonyl (C=O) groups is 1. The Hall–Kier alpha value is -0.120. The van der Waals surface area contributed by atoms with Gasteiger partial charge in [-0.3, -0.25) is 4.79 Å². The van der Waals surface area contributed by atoms with Crippen LogP contribution >= 0.6 is 11.8 Å². The van der Waals surface area contributed by atoms with Gasteiger partial charge in [0, 0.05) is 12.7 Å². The molecule has 64 valence electrons. The summed E-state index contributed by atoms with van der Waals surface area (Å²) in [6.45, 7) is 2.16. The number of carbonyl (C=O) groups excluding carboxylic acids is 1. The molecule has 1 atom stereocenters. The highest BCUT2D eigenvalue weighted by Crippen LogP contribution is 2.47. The SMILES string of the molecule is CC(F)(F)C1(C)CCSC1=O. The molecule has 11 heavy (non-hydrogen) atoms. The van der Waals surface area contributed by atoms with Crippen molar-refractivity contribution < 1.29 is 13.6 Å². The first kappa shape index (κ1) is 8.97. The Kier molecular flexibility index (Phi) is 1.99. The van der Waals surface area contributed by atoms with E-state index in [1.165, 1.54) is 6.92 Å². The zero-order valence-corrected chi connectivity index (χ0v) is 7.30. The number of thioether (sulfide) groups is 1. The summed E-state index contributed by atoms with van der Waals surface area (Å²) in [5.41, 5.74) is -1.42. The summed E-state index contributed by atoms with van der Waals surface area (Å²) < 4.78 is 25.7. The monoisotopic (exact) mass is 180 g/mol. The van der Waals surface area contributed by atoms with Crippen LogP contribution in [0.5, 0.6) is 0 Å². The van der Waals surface area contributed by atoms with Crippen LogP contribution in [0, 0.1) is 5.41 Å².